The number of nitrogens with zero attached hydrogens (tertiary/aromatic N) is 2. The molecule has 1 heterocycles. The van der Waals surface area contributed by atoms with E-state index in [-0.39, 0.29) is 6.10 Å². The summed E-state index contributed by atoms with van der Waals surface area (Å²) < 4.78 is 11.2. The maximum atomic E-state index is 5.93. The van der Waals surface area contributed by atoms with Crippen LogP contribution in [-0.2, 0) is 0 Å². The monoisotopic (exact) mass is 348 g/mol. The minimum absolute atomic E-state index is 0.0178. The Balaban J connectivity index is 1.74. The molecule has 2 rings (SSSR count). The van der Waals surface area contributed by atoms with Crippen LogP contribution in [0.4, 0.5) is 0 Å². The SMILES string of the molecule is CCN1CCCC1CNC(=NC)NCC(C)Oc1cccc(OC)c1. The number of methoxy groups -OCH3 is 1. The number of hydrogen-bond donors (Lipinski definition) is 2. The number of likely N-dealkylation sites (tertiary alicyclic amines) is 1. The highest BCUT2D eigenvalue weighted by molar-refractivity contribution is 5.79. The number of aliphatic imine (C=N–C) groups is 1. The second kappa shape index (κ2) is 10.1. The van der Waals surface area contributed by atoms with Gasteiger partial charge in [0.25, 0.3) is 0 Å². The smallest absolute Gasteiger partial charge is 0.191 e. The molecule has 1 fully saturated rings. The van der Waals surface area contributed by atoms with Gasteiger partial charge in [0.15, 0.2) is 5.96 Å². The van der Waals surface area contributed by atoms with Crippen LogP contribution in [0.1, 0.15) is 26.7 Å². The molecule has 2 N–H and O–H groups in total. The van der Waals surface area contributed by atoms with Crippen molar-refractivity contribution in [3.8, 4) is 11.5 Å². The van der Waals surface area contributed by atoms with Crippen LogP contribution in [0.25, 0.3) is 0 Å². The third kappa shape index (κ3) is 6.12. The van der Waals surface area contributed by atoms with Crippen molar-refractivity contribution in [1.29, 1.82) is 0 Å². The molecule has 0 aromatic heterocycles. The van der Waals surface area contributed by atoms with Crippen molar-refractivity contribution in [2.45, 2.75) is 38.8 Å². The molecule has 6 nitrogen and oxygen atoms in total. The molecule has 1 aromatic carbocycles. The molecule has 1 aliphatic heterocycles. The van der Waals surface area contributed by atoms with Gasteiger partial charge in [0.2, 0.25) is 0 Å². The summed E-state index contributed by atoms with van der Waals surface area (Å²) in [4.78, 5) is 6.83. The zero-order valence-corrected chi connectivity index (χ0v) is 15.9. The van der Waals surface area contributed by atoms with Gasteiger partial charge < -0.3 is 20.1 Å². The van der Waals surface area contributed by atoms with Crippen molar-refractivity contribution in [3.63, 3.8) is 0 Å². The summed E-state index contributed by atoms with van der Waals surface area (Å²) in [5.41, 5.74) is 0. The van der Waals surface area contributed by atoms with Crippen LogP contribution >= 0.6 is 0 Å². The number of nitrogens with one attached hydrogen (secondary N) is 2. The summed E-state index contributed by atoms with van der Waals surface area (Å²) in [7, 11) is 3.46. The Morgan fingerprint density at radius 3 is 2.88 bits per heavy atom. The van der Waals surface area contributed by atoms with E-state index in [2.05, 4.69) is 27.4 Å². The first-order valence-corrected chi connectivity index (χ1v) is 9.15. The summed E-state index contributed by atoms with van der Waals surface area (Å²) >= 11 is 0. The van der Waals surface area contributed by atoms with E-state index >= 15 is 0 Å². The Hall–Kier alpha value is -1.95. The van der Waals surface area contributed by atoms with Crippen molar-refractivity contribution in [1.82, 2.24) is 15.5 Å². The second-order valence-corrected chi connectivity index (χ2v) is 6.37. The van der Waals surface area contributed by atoms with Gasteiger partial charge in [-0.05, 0) is 45.0 Å². The first-order chi connectivity index (χ1) is 12.2. The van der Waals surface area contributed by atoms with Gasteiger partial charge in [0.05, 0.1) is 13.7 Å². The van der Waals surface area contributed by atoms with Gasteiger partial charge in [-0.2, -0.15) is 0 Å². The van der Waals surface area contributed by atoms with Gasteiger partial charge in [-0.3, -0.25) is 9.89 Å². The zero-order valence-electron chi connectivity index (χ0n) is 15.9. The number of guanidine groups is 1. The lowest BCUT2D eigenvalue weighted by atomic mass is 10.2. The quantitative estimate of drug-likeness (QED) is 0.557. The van der Waals surface area contributed by atoms with Gasteiger partial charge in [-0.15, -0.1) is 0 Å². The molecular formula is C19H32N4O2. The summed E-state index contributed by atoms with van der Waals surface area (Å²) in [6.45, 7) is 8.19. The number of rotatable bonds is 8. The van der Waals surface area contributed by atoms with Crippen molar-refractivity contribution < 1.29 is 9.47 Å². The third-order valence-electron chi connectivity index (χ3n) is 4.57. The van der Waals surface area contributed by atoms with E-state index in [1.54, 1.807) is 14.2 Å². The van der Waals surface area contributed by atoms with Crippen molar-refractivity contribution in [3.05, 3.63) is 24.3 Å². The number of hydrogen-bond acceptors (Lipinski definition) is 4. The number of benzene rings is 1. The highest BCUT2D eigenvalue weighted by Crippen LogP contribution is 2.19. The Bertz CT molecular complexity index is 550. The standard InChI is InChI=1S/C19H32N4O2/c1-5-23-11-7-8-16(23)14-22-19(20-3)21-13-15(2)25-18-10-6-9-17(12-18)24-4/h6,9-10,12,15-16H,5,7-8,11,13-14H2,1-4H3,(H2,20,21,22). The normalized spacial score (nSPS) is 19.5. The van der Waals surface area contributed by atoms with E-state index in [0.29, 0.717) is 12.6 Å². The van der Waals surface area contributed by atoms with Gasteiger partial charge in [0, 0.05) is 25.7 Å². The summed E-state index contributed by atoms with van der Waals surface area (Å²) in [6.07, 6.45) is 2.56. The molecule has 1 aromatic rings. The lowest BCUT2D eigenvalue weighted by Gasteiger charge is -2.24. The molecule has 0 spiro atoms. The van der Waals surface area contributed by atoms with Crippen molar-refractivity contribution in [2.24, 2.45) is 4.99 Å². The van der Waals surface area contributed by atoms with E-state index in [9.17, 15) is 0 Å². The molecule has 0 bridgehead atoms. The first kappa shape index (κ1) is 19.4. The maximum absolute atomic E-state index is 5.93. The predicted octanol–water partition coefficient (Wildman–Crippen LogP) is 2.11. The molecule has 140 valence electrons. The van der Waals surface area contributed by atoms with E-state index in [0.717, 1.165) is 30.5 Å². The highest BCUT2D eigenvalue weighted by atomic mass is 16.5. The molecular weight excluding hydrogens is 316 g/mol. The molecule has 0 saturated carbocycles. The molecule has 0 aliphatic carbocycles. The van der Waals surface area contributed by atoms with Gasteiger partial charge in [0.1, 0.15) is 17.6 Å². The summed E-state index contributed by atoms with van der Waals surface area (Å²) in [6, 6.07) is 8.27. The lowest BCUT2D eigenvalue weighted by molar-refractivity contribution is 0.222. The molecule has 0 radical (unpaired) electrons. The zero-order chi connectivity index (χ0) is 18.1. The predicted molar refractivity (Wildman–Crippen MR) is 103 cm³/mol. The Morgan fingerprint density at radius 1 is 1.36 bits per heavy atom. The Kier molecular flexibility index (Phi) is 7.85. The van der Waals surface area contributed by atoms with Gasteiger partial charge in [-0.25, -0.2) is 0 Å². The van der Waals surface area contributed by atoms with Crippen LogP contribution in [0, 0.1) is 0 Å². The van der Waals surface area contributed by atoms with Crippen molar-refractivity contribution >= 4 is 5.96 Å². The summed E-state index contributed by atoms with van der Waals surface area (Å²) in [5.74, 6) is 2.43. The fraction of sp³-hybridized carbons (Fsp3) is 0.632. The van der Waals surface area contributed by atoms with E-state index in [1.807, 2.05) is 31.2 Å². The molecule has 1 aliphatic rings. The van der Waals surface area contributed by atoms with E-state index in [1.165, 1.54) is 19.4 Å². The van der Waals surface area contributed by atoms with Crippen LogP contribution in [0.2, 0.25) is 0 Å². The molecule has 2 unspecified atom stereocenters. The third-order valence-corrected chi connectivity index (χ3v) is 4.57. The lowest BCUT2D eigenvalue weighted by Crippen LogP contribution is -2.46. The van der Waals surface area contributed by atoms with Crippen LogP contribution < -0.4 is 20.1 Å². The number of likely N-dealkylation sites (N-methyl/N-ethyl adjacent to an activating group) is 1. The first-order valence-electron chi connectivity index (χ1n) is 9.15. The molecule has 25 heavy (non-hydrogen) atoms. The average Bonchev–Trinajstić information content (AvgIpc) is 3.09. The van der Waals surface area contributed by atoms with Crippen LogP contribution in [-0.4, -0.2) is 63.3 Å². The fourth-order valence-corrected chi connectivity index (χ4v) is 3.17. The van der Waals surface area contributed by atoms with E-state index < -0.39 is 0 Å². The maximum Gasteiger partial charge on any atom is 0.191 e. The Labute approximate surface area is 151 Å². The van der Waals surface area contributed by atoms with Crippen LogP contribution in [0.15, 0.2) is 29.3 Å². The minimum atomic E-state index is 0.0178. The molecule has 1 saturated heterocycles. The molecule has 2 atom stereocenters. The largest absolute Gasteiger partial charge is 0.497 e. The highest BCUT2D eigenvalue weighted by Gasteiger charge is 2.22. The average molecular weight is 348 g/mol. The van der Waals surface area contributed by atoms with Crippen LogP contribution in [0.3, 0.4) is 0 Å². The van der Waals surface area contributed by atoms with Gasteiger partial charge in [-0.1, -0.05) is 13.0 Å². The number of ether oxygens (including phenoxy) is 2. The molecule has 0 amide bonds. The topological polar surface area (TPSA) is 58.1 Å². The Morgan fingerprint density at radius 2 is 2.16 bits per heavy atom. The van der Waals surface area contributed by atoms with Crippen LogP contribution in [0.5, 0.6) is 11.5 Å². The summed E-state index contributed by atoms with van der Waals surface area (Å²) in [5, 5.41) is 6.77. The minimum Gasteiger partial charge on any atom is -0.497 e. The van der Waals surface area contributed by atoms with E-state index in [4.69, 9.17) is 9.47 Å². The fourth-order valence-electron chi connectivity index (χ4n) is 3.17. The van der Waals surface area contributed by atoms with Gasteiger partial charge >= 0.3 is 0 Å². The molecule has 6 heteroatoms. The van der Waals surface area contributed by atoms with Crippen molar-refractivity contribution in [2.75, 3.05) is 40.3 Å². The second-order valence-electron chi connectivity index (χ2n) is 6.37.